The fourth-order valence-electron chi connectivity index (χ4n) is 1.38. The lowest BCUT2D eigenvalue weighted by Crippen LogP contribution is -2.18. The Balaban J connectivity index is 2.32. The van der Waals surface area contributed by atoms with Crippen molar-refractivity contribution in [1.29, 1.82) is 0 Å². The van der Waals surface area contributed by atoms with Gasteiger partial charge in [0.15, 0.2) is 11.6 Å². The molecule has 2 rings (SSSR count). The molecule has 0 aliphatic rings. The van der Waals surface area contributed by atoms with Crippen LogP contribution in [0.4, 0.5) is 30.5 Å². The highest BCUT2D eigenvalue weighted by atomic mass is 35.5. The number of rotatable bonds is 3. The highest BCUT2D eigenvalue weighted by molar-refractivity contribution is 6.35. The molecule has 3 N–H and O–H groups in total. The van der Waals surface area contributed by atoms with Crippen LogP contribution in [0.1, 0.15) is 0 Å². The van der Waals surface area contributed by atoms with Gasteiger partial charge < -0.3 is 15.8 Å². The number of benzene rings is 1. The molecule has 1 heterocycles. The number of halogens is 4. The maximum atomic E-state index is 12.3. The van der Waals surface area contributed by atoms with E-state index in [1.165, 1.54) is 18.2 Å². The maximum absolute atomic E-state index is 12.3. The summed E-state index contributed by atoms with van der Waals surface area (Å²) in [6.45, 7) is 0. The summed E-state index contributed by atoms with van der Waals surface area (Å²) in [6.07, 6.45) is -3.66. The first-order chi connectivity index (χ1) is 9.37. The quantitative estimate of drug-likeness (QED) is 0.909. The molecule has 0 spiro atoms. The Hall–Kier alpha value is -2.22. The first kappa shape index (κ1) is 14.2. The number of anilines is 3. The molecule has 0 fully saturated rings. The fourth-order valence-corrected chi connectivity index (χ4v) is 1.53. The molecule has 106 valence electrons. The minimum absolute atomic E-state index is 0.00862. The Kier molecular flexibility index (Phi) is 3.84. The third kappa shape index (κ3) is 3.41. The molecule has 0 aliphatic carbocycles. The van der Waals surface area contributed by atoms with Crippen molar-refractivity contribution < 1.29 is 17.9 Å². The largest absolute Gasteiger partial charge is 0.573 e. The summed E-state index contributed by atoms with van der Waals surface area (Å²) in [4.78, 5) is 7.45. The summed E-state index contributed by atoms with van der Waals surface area (Å²) >= 11 is 5.85. The van der Waals surface area contributed by atoms with Crippen LogP contribution in [0.5, 0.6) is 5.75 Å². The lowest BCUT2D eigenvalue weighted by atomic mass is 10.3. The lowest BCUT2D eigenvalue weighted by Gasteiger charge is -2.14. The first-order valence-corrected chi connectivity index (χ1v) is 5.62. The van der Waals surface area contributed by atoms with Crippen LogP contribution in [0.15, 0.2) is 30.6 Å². The van der Waals surface area contributed by atoms with E-state index in [1.54, 1.807) is 0 Å². The van der Waals surface area contributed by atoms with Crippen LogP contribution in [0, 0.1) is 0 Å². The topological polar surface area (TPSA) is 73.1 Å². The standard InChI is InChI=1S/C11H8ClF3N4O/c12-8-9(16)17-5-18-10(8)19-6-3-1-2-4-7(6)20-11(13,14)15/h1-5H,(H3,16,17,18,19). The summed E-state index contributed by atoms with van der Waals surface area (Å²) in [5.74, 6) is -0.316. The van der Waals surface area contributed by atoms with Gasteiger partial charge in [0.1, 0.15) is 17.2 Å². The zero-order valence-electron chi connectivity index (χ0n) is 9.78. The highest BCUT2D eigenvalue weighted by Crippen LogP contribution is 2.34. The minimum atomic E-state index is -4.80. The van der Waals surface area contributed by atoms with Gasteiger partial charge in [-0.1, -0.05) is 23.7 Å². The lowest BCUT2D eigenvalue weighted by molar-refractivity contribution is -0.274. The fraction of sp³-hybridized carbons (Fsp3) is 0.0909. The van der Waals surface area contributed by atoms with Crippen LogP contribution in [0.2, 0.25) is 5.02 Å². The van der Waals surface area contributed by atoms with Crippen LogP contribution in [0.3, 0.4) is 0 Å². The average Bonchev–Trinajstić information content (AvgIpc) is 2.35. The van der Waals surface area contributed by atoms with Crippen LogP contribution < -0.4 is 15.8 Å². The molecule has 0 aliphatic heterocycles. The van der Waals surface area contributed by atoms with Crippen LogP contribution in [0.25, 0.3) is 0 Å². The van der Waals surface area contributed by atoms with Crippen molar-refractivity contribution in [3.63, 3.8) is 0 Å². The normalized spacial score (nSPS) is 11.2. The summed E-state index contributed by atoms with van der Waals surface area (Å²) < 4.78 is 40.7. The van der Waals surface area contributed by atoms with Crippen molar-refractivity contribution in [1.82, 2.24) is 9.97 Å². The van der Waals surface area contributed by atoms with Crippen molar-refractivity contribution in [2.45, 2.75) is 6.36 Å². The number of alkyl halides is 3. The third-order valence-electron chi connectivity index (χ3n) is 2.18. The van der Waals surface area contributed by atoms with Crippen molar-refractivity contribution >= 4 is 28.9 Å². The molecule has 0 atom stereocenters. The summed E-state index contributed by atoms with van der Waals surface area (Å²) in [5, 5.41) is 2.62. The Bertz CT molecular complexity index is 621. The number of ether oxygens (including phenoxy) is 1. The molecular weight excluding hydrogens is 297 g/mol. The molecule has 20 heavy (non-hydrogen) atoms. The predicted molar refractivity (Wildman–Crippen MR) is 67.9 cm³/mol. The number of hydrogen-bond acceptors (Lipinski definition) is 5. The van der Waals surface area contributed by atoms with E-state index < -0.39 is 12.1 Å². The van der Waals surface area contributed by atoms with Gasteiger partial charge in [0, 0.05) is 0 Å². The van der Waals surface area contributed by atoms with Gasteiger partial charge in [0.2, 0.25) is 0 Å². The molecular formula is C11H8ClF3N4O. The molecule has 1 aromatic carbocycles. The van der Waals surface area contributed by atoms with E-state index >= 15 is 0 Å². The molecule has 0 radical (unpaired) electrons. The Morgan fingerprint density at radius 1 is 1.20 bits per heavy atom. The molecule has 2 aromatic rings. The zero-order valence-corrected chi connectivity index (χ0v) is 10.5. The van der Waals surface area contributed by atoms with Gasteiger partial charge in [-0.2, -0.15) is 0 Å². The number of hydrogen-bond donors (Lipinski definition) is 2. The van der Waals surface area contributed by atoms with Crippen molar-refractivity contribution in [3.05, 3.63) is 35.6 Å². The monoisotopic (exact) mass is 304 g/mol. The van der Waals surface area contributed by atoms with Gasteiger partial charge >= 0.3 is 6.36 Å². The van der Waals surface area contributed by atoms with Crippen LogP contribution in [-0.4, -0.2) is 16.3 Å². The number of nitrogens with one attached hydrogen (secondary N) is 1. The van der Waals surface area contributed by atoms with E-state index in [1.807, 2.05) is 0 Å². The Morgan fingerprint density at radius 2 is 1.90 bits per heavy atom. The van der Waals surface area contributed by atoms with Gasteiger partial charge in [-0.15, -0.1) is 13.2 Å². The molecule has 0 saturated carbocycles. The van der Waals surface area contributed by atoms with Gasteiger partial charge in [-0.25, -0.2) is 9.97 Å². The number of aromatic nitrogens is 2. The van der Waals surface area contributed by atoms with E-state index in [4.69, 9.17) is 17.3 Å². The van der Waals surface area contributed by atoms with Crippen LogP contribution in [-0.2, 0) is 0 Å². The summed E-state index contributed by atoms with van der Waals surface area (Å²) in [5.41, 5.74) is 5.53. The smallest absolute Gasteiger partial charge is 0.404 e. The van der Waals surface area contributed by atoms with E-state index in [-0.39, 0.29) is 22.3 Å². The van der Waals surface area contributed by atoms with Gasteiger partial charge in [-0.3, -0.25) is 0 Å². The minimum Gasteiger partial charge on any atom is -0.404 e. The van der Waals surface area contributed by atoms with Gasteiger partial charge in [0.05, 0.1) is 5.69 Å². The van der Waals surface area contributed by atoms with Crippen molar-refractivity contribution in [3.8, 4) is 5.75 Å². The molecule has 5 nitrogen and oxygen atoms in total. The van der Waals surface area contributed by atoms with Crippen molar-refractivity contribution in [2.75, 3.05) is 11.1 Å². The number of nitrogen functional groups attached to an aromatic ring is 1. The first-order valence-electron chi connectivity index (χ1n) is 5.24. The second kappa shape index (κ2) is 5.41. The second-order valence-electron chi connectivity index (χ2n) is 3.59. The van der Waals surface area contributed by atoms with E-state index in [9.17, 15) is 13.2 Å². The predicted octanol–water partition coefficient (Wildman–Crippen LogP) is 3.35. The van der Waals surface area contributed by atoms with Gasteiger partial charge in [0.25, 0.3) is 0 Å². The third-order valence-corrected chi connectivity index (χ3v) is 2.55. The molecule has 0 bridgehead atoms. The van der Waals surface area contributed by atoms with Crippen molar-refractivity contribution in [2.24, 2.45) is 0 Å². The summed E-state index contributed by atoms with van der Waals surface area (Å²) in [6, 6.07) is 5.48. The molecule has 9 heteroatoms. The Labute approximate surface area is 116 Å². The number of nitrogens with zero attached hydrogens (tertiary/aromatic N) is 2. The van der Waals surface area contributed by atoms with Gasteiger partial charge in [-0.05, 0) is 12.1 Å². The highest BCUT2D eigenvalue weighted by Gasteiger charge is 2.32. The second-order valence-corrected chi connectivity index (χ2v) is 3.97. The maximum Gasteiger partial charge on any atom is 0.573 e. The zero-order chi connectivity index (χ0) is 14.8. The number of nitrogens with two attached hydrogens (primary N) is 1. The molecule has 0 amide bonds. The molecule has 0 saturated heterocycles. The van der Waals surface area contributed by atoms with E-state index in [0.717, 1.165) is 12.4 Å². The summed E-state index contributed by atoms with van der Waals surface area (Å²) in [7, 11) is 0. The Morgan fingerprint density at radius 3 is 2.60 bits per heavy atom. The van der Waals surface area contributed by atoms with E-state index in [0.29, 0.717) is 0 Å². The molecule has 1 aromatic heterocycles. The molecule has 0 unspecified atom stereocenters. The van der Waals surface area contributed by atoms with Crippen LogP contribution >= 0.6 is 11.6 Å². The van der Waals surface area contributed by atoms with E-state index in [2.05, 4.69) is 20.0 Å². The average molecular weight is 305 g/mol. The number of para-hydroxylation sites is 2. The SMILES string of the molecule is Nc1ncnc(Nc2ccccc2OC(F)(F)F)c1Cl.